The second-order valence-electron chi connectivity index (χ2n) is 11.2. The molecular formula is C33H42N2O5. The molecule has 0 saturated carbocycles. The number of carbonyl (C=O) groups is 1. The molecule has 214 valence electrons. The van der Waals surface area contributed by atoms with E-state index in [2.05, 4.69) is 9.80 Å². The third-order valence-corrected chi connectivity index (χ3v) is 8.65. The van der Waals surface area contributed by atoms with Crippen LogP contribution in [-0.4, -0.2) is 68.8 Å². The molecule has 2 atom stereocenters. The minimum absolute atomic E-state index is 0.175. The number of hydrogen-bond donors (Lipinski definition) is 0. The van der Waals surface area contributed by atoms with Crippen molar-refractivity contribution in [3.8, 4) is 16.9 Å². The van der Waals surface area contributed by atoms with Crippen molar-refractivity contribution in [2.24, 2.45) is 5.92 Å². The predicted molar refractivity (Wildman–Crippen MR) is 158 cm³/mol. The maximum absolute atomic E-state index is 13.7. The molecule has 3 aromatic rings. The van der Waals surface area contributed by atoms with Gasteiger partial charge >= 0.3 is 5.63 Å². The van der Waals surface area contributed by atoms with E-state index in [0.29, 0.717) is 49.3 Å². The molecule has 2 saturated heterocycles. The van der Waals surface area contributed by atoms with Gasteiger partial charge in [-0.3, -0.25) is 4.79 Å². The summed E-state index contributed by atoms with van der Waals surface area (Å²) in [6.45, 7) is 4.59. The molecule has 5 rings (SSSR count). The molecule has 0 bridgehead atoms. The van der Waals surface area contributed by atoms with Crippen LogP contribution in [0.3, 0.4) is 0 Å². The highest BCUT2D eigenvalue weighted by Crippen LogP contribution is 2.34. The van der Waals surface area contributed by atoms with Crippen LogP contribution in [-0.2, 0) is 16.0 Å². The first kappa shape index (κ1) is 28.4. The van der Waals surface area contributed by atoms with Crippen LogP contribution in [0.15, 0.2) is 57.7 Å². The lowest BCUT2D eigenvalue weighted by molar-refractivity contribution is -0.132. The van der Waals surface area contributed by atoms with E-state index in [1.807, 2.05) is 36.4 Å². The number of ether oxygens (including phenoxy) is 2. The minimum Gasteiger partial charge on any atom is -0.496 e. The second-order valence-corrected chi connectivity index (χ2v) is 11.2. The molecule has 2 fully saturated rings. The molecule has 3 heterocycles. The maximum Gasteiger partial charge on any atom is 0.336 e. The normalized spacial score (nSPS) is 19.4. The number of rotatable bonds is 11. The standard InChI is InChI=1S/C33H42N2O5/c1-38-19-9-18-35(23-26-12-8-17-34-16-7-6-13-29(26)34)32(36)15-14-25-20-28-27(24-10-4-3-5-11-24)21-33(37)40-31(28)22-30(25)39-2/h3-5,10-11,20-22,26,29H,6-9,12-19,23H2,1-2H3/t26-,29-/m1/s1. The SMILES string of the molecule is COCCCN(C[C@H]1CCCN2CCCC[C@H]12)C(=O)CCc1cc2c(-c3ccccc3)cc(=O)oc2cc1OC. The Morgan fingerprint density at radius 1 is 1.05 bits per heavy atom. The first-order valence-corrected chi connectivity index (χ1v) is 14.8. The Labute approximate surface area is 237 Å². The quantitative estimate of drug-likeness (QED) is 0.233. The third kappa shape index (κ3) is 6.58. The number of fused-ring (bicyclic) bond motifs is 2. The van der Waals surface area contributed by atoms with E-state index in [-0.39, 0.29) is 5.91 Å². The zero-order chi connectivity index (χ0) is 27.9. The van der Waals surface area contributed by atoms with E-state index in [9.17, 15) is 9.59 Å². The third-order valence-electron chi connectivity index (χ3n) is 8.65. The molecule has 7 heteroatoms. The zero-order valence-electron chi connectivity index (χ0n) is 23.9. The number of aryl methyl sites for hydroxylation is 1. The van der Waals surface area contributed by atoms with Crippen LogP contribution in [0.2, 0.25) is 0 Å². The predicted octanol–water partition coefficient (Wildman–Crippen LogP) is 5.53. The van der Waals surface area contributed by atoms with Gasteiger partial charge in [0.05, 0.1) is 7.11 Å². The lowest BCUT2D eigenvalue weighted by Crippen LogP contribution is -2.51. The van der Waals surface area contributed by atoms with Gasteiger partial charge < -0.3 is 23.7 Å². The summed E-state index contributed by atoms with van der Waals surface area (Å²) in [6.07, 6.45) is 8.03. The lowest BCUT2D eigenvalue weighted by Gasteiger charge is -2.45. The van der Waals surface area contributed by atoms with E-state index < -0.39 is 5.63 Å². The fraction of sp³-hybridized carbons (Fsp3) is 0.515. The summed E-state index contributed by atoms with van der Waals surface area (Å²) >= 11 is 0. The Bertz CT molecular complexity index is 1340. The van der Waals surface area contributed by atoms with E-state index >= 15 is 0 Å². The van der Waals surface area contributed by atoms with Gasteiger partial charge in [0.2, 0.25) is 5.91 Å². The van der Waals surface area contributed by atoms with Crippen LogP contribution in [0.1, 0.15) is 50.5 Å². The van der Waals surface area contributed by atoms with Crippen molar-refractivity contribution in [2.45, 2.75) is 57.4 Å². The summed E-state index contributed by atoms with van der Waals surface area (Å²) in [5.74, 6) is 1.34. The van der Waals surface area contributed by atoms with Crippen LogP contribution in [0.4, 0.5) is 0 Å². The first-order valence-electron chi connectivity index (χ1n) is 14.8. The van der Waals surface area contributed by atoms with Crippen molar-refractivity contribution in [1.82, 2.24) is 9.80 Å². The average molecular weight is 547 g/mol. The van der Waals surface area contributed by atoms with E-state index in [1.54, 1.807) is 20.3 Å². The van der Waals surface area contributed by atoms with E-state index in [0.717, 1.165) is 35.0 Å². The zero-order valence-corrected chi connectivity index (χ0v) is 23.9. The highest BCUT2D eigenvalue weighted by atomic mass is 16.5. The Hall–Kier alpha value is -3.16. The van der Waals surface area contributed by atoms with Crippen molar-refractivity contribution in [3.63, 3.8) is 0 Å². The lowest BCUT2D eigenvalue weighted by atomic mass is 9.83. The molecule has 0 unspecified atom stereocenters. The highest BCUT2D eigenvalue weighted by molar-refractivity contribution is 5.94. The fourth-order valence-electron chi connectivity index (χ4n) is 6.67. The summed E-state index contributed by atoms with van der Waals surface area (Å²) in [6, 6.07) is 15.8. The number of piperidine rings is 2. The van der Waals surface area contributed by atoms with Crippen molar-refractivity contribution in [2.75, 3.05) is 47.0 Å². The summed E-state index contributed by atoms with van der Waals surface area (Å²) < 4.78 is 16.5. The molecule has 0 N–H and O–H groups in total. The molecular weight excluding hydrogens is 504 g/mol. The molecule has 2 aliphatic heterocycles. The molecule has 2 aromatic carbocycles. The smallest absolute Gasteiger partial charge is 0.336 e. The number of amides is 1. The summed E-state index contributed by atoms with van der Waals surface area (Å²) in [5.41, 5.74) is 2.78. The van der Waals surface area contributed by atoms with Crippen molar-refractivity contribution >= 4 is 16.9 Å². The minimum atomic E-state index is -0.401. The van der Waals surface area contributed by atoms with Crippen LogP contribution >= 0.6 is 0 Å². The van der Waals surface area contributed by atoms with Gasteiger partial charge in [0.1, 0.15) is 11.3 Å². The van der Waals surface area contributed by atoms with Crippen LogP contribution in [0, 0.1) is 5.92 Å². The summed E-state index contributed by atoms with van der Waals surface area (Å²) in [7, 11) is 3.33. The van der Waals surface area contributed by atoms with Gasteiger partial charge in [-0.15, -0.1) is 0 Å². The van der Waals surface area contributed by atoms with Crippen molar-refractivity contribution in [3.05, 3.63) is 64.5 Å². The number of hydrogen-bond acceptors (Lipinski definition) is 6. The van der Waals surface area contributed by atoms with Crippen LogP contribution in [0.25, 0.3) is 22.1 Å². The summed E-state index contributed by atoms with van der Waals surface area (Å²) in [4.78, 5) is 30.8. The fourth-order valence-corrected chi connectivity index (χ4v) is 6.67. The molecule has 0 aliphatic carbocycles. The Morgan fingerprint density at radius 2 is 1.88 bits per heavy atom. The van der Waals surface area contributed by atoms with Gasteiger partial charge in [-0.05, 0) is 80.3 Å². The first-order chi connectivity index (χ1) is 19.6. The van der Waals surface area contributed by atoms with Crippen molar-refractivity contribution in [1.29, 1.82) is 0 Å². The number of carbonyl (C=O) groups excluding carboxylic acids is 1. The Kier molecular flexibility index (Phi) is 9.55. The van der Waals surface area contributed by atoms with Gasteiger partial charge in [0.25, 0.3) is 0 Å². The van der Waals surface area contributed by atoms with Gasteiger partial charge in [-0.2, -0.15) is 0 Å². The monoisotopic (exact) mass is 546 g/mol. The van der Waals surface area contributed by atoms with Crippen LogP contribution < -0.4 is 10.4 Å². The maximum atomic E-state index is 13.7. The summed E-state index contributed by atoms with van der Waals surface area (Å²) in [5, 5.41) is 0.839. The molecule has 40 heavy (non-hydrogen) atoms. The number of methoxy groups -OCH3 is 2. The van der Waals surface area contributed by atoms with Gasteiger partial charge in [-0.1, -0.05) is 36.8 Å². The molecule has 0 radical (unpaired) electrons. The van der Waals surface area contributed by atoms with Gasteiger partial charge in [-0.25, -0.2) is 4.79 Å². The molecule has 2 aliphatic rings. The van der Waals surface area contributed by atoms with Gasteiger partial charge in [0, 0.05) is 56.8 Å². The van der Waals surface area contributed by atoms with Crippen molar-refractivity contribution < 1.29 is 18.7 Å². The second kappa shape index (κ2) is 13.5. The molecule has 0 spiro atoms. The molecule has 1 amide bonds. The molecule has 7 nitrogen and oxygen atoms in total. The number of nitrogens with zero attached hydrogens (tertiary/aromatic N) is 2. The average Bonchev–Trinajstić information content (AvgIpc) is 2.99. The van der Waals surface area contributed by atoms with E-state index in [4.69, 9.17) is 13.9 Å². The van der Waals surface area contributed by atoms with Gasteiger partial charge in [0.15, 0.2) is 0 Å². The Balaban J connectivity index is 1.36. The molecule has 1 aromatic heterocycles. The van der Waals surface area contributed by atoms with Crippen LogP contribution in [0.5, 0.6) is 5.75 Å². The van der Waals surface area contributed by atoms with E-state index in [1.165, 1.54) is 51.3 Å². The largest absolute Gasteiger partial charge is 0.496 e. The number of benzene rings is 2. The highest BCUT2D eigenvalue weighted by Gasteiger charge is 2.34. The Morgan fingerprint density at radius 3 is 2.67 bits per heavy atom. The topological polar surface area (TPSA) is 72.2 Å².